The second-order valence-electron chi connectivity index (χ2n) is 6.68. The van der Waals surface area contributed by atoms with Crippen molar-refractivity contribution in [1.82, 2.24) is 24.5 Å². The summed E-state index contributed by atoms with van der Waals surface area (Å²) in [6, 6.07) is 10.3. The number of fused-ring (bicyclic) bond motifs is 2. The SMILES string of the molecule is Cc1cc(C)n2nc(SC(C)C(=O)N3CCc4ccccc4C3)nc2n1. The molecule has 1 aliphatic rings. The van der Waals surface area contributed by atoms with Crippen molar-refractivity contribution < 1.29 is 4.79 Å². The summed E-state index contributed by atoms with van der Waals surface area (Å²) in [6.07, 6.45) is 0.911. The van der Waals surface area contributed by atoms with Gasteiger partial charge in [0.1, 0.15) is 0 Å². The highest BCUT2D eigenvalue weighted by molar-refractivity contribution is 8.00. The van der Waals surface area contributed by atoms with Crippen LogP contribution in [0.1, 0.15) is 29.4 Å². The molecule has 26 heavy (non-hydrogen) atoms. The molecule has 1 aromatic carbocycles. The van der Waals surface area contributed by atoms with E-state index >= 15 is 0 Å². The topological polar surface area (TPSA) is 63.4 Å². The molecule has 0 radical (unpaired) electrons. The van der Waals surface area contributed by atoms with E-state index in [1.165, 1.54) is 22.9 Å². The van der Waals surface area contributed by atoms with E-state index in [4.69, 9.17) is 0 Å². The molecular formula is C19H21N5OS. The van der Waals surface area contributed by atoms with E-state index in [1.54, 1.807) is 4.52 Å². The number of hydrogen-bond donors (Lipinski definition) is 0. The van der Waals surface area contributed by atoms with Gasteiger partial charge in [0, 0.05) is 24.5 Å². The van der Waals surface area contributed by atoms with Gasteiger partial charge in [-0.15, -0.1) is 5.10 Å². The fourth-order valence-electron chi connectivity index (χ4n) is 3.35. The molecule has 6 nitrogen and oxygen atoms in total. The third-order valence-electron chi connectivity index (χ3n) is 4.67. The first kappa shape index (κ1) is 17.0. The molecule has 0 fully saturated rings. The summed E-state index contributed by atoms with van der Waals surface area (Å²) >= 11 is 1.39. The third kappa shape index (κ3) is 3.19. The third-order valence-corrected chi connectivity index (χ3v) is 5.61. The maximum atomic E-state index is 12.9. The zero-order valence-electron chi connectivity index (χ0n) is 15.1. The first-order chi connectivity index (χ1) is 12.5. The van der Waals surface area contributed by atoms with Crippen molar-refractivity contribution in [3.63, 3.8) is 0 Å². The van der Waals surface area contributed by atoms with Crippen LogP contribution in [0.3, 0.4) is 0 Å². The fraction of sp³-hybridized carbons (Fsp3) is 0.368. The molecular weight excluding hydrogens is 346 g/mol. The average Bonchev–Trinajstić information content (AvgIpc) is 3.03. The predicted octanol–water partition coefficient (Wildman–Crippen LogP) is 2.81. The molecule has 0 saturated carbocycles. The van der Waals surface area contributed by atoms with Gasteiger partial charge in [-0.05, 0) is 44.4 Å². The lowest BCUT2D eigenvalue weighted by molar-refractivity contribution is -0.131. The second kappa shape index (κ2) is 6.72. The van der Waals surface area contributed by atoms with Crippen LogP contribution >= 0.6 is 11.8 Å². The van der Waals surface area contributed by atoms with Crippen LogP contribution in [-0.2, 0) is 17.8 Å². The van der Waals surface area contributed by atoms with Crippen LogP contribution in [0, 0.1) is 13.8 Å². The zero-order valence-corrected chi connectivity index (χ0v) is 16.0. The van der Waals surface area contributed by atoms with Gasteiger partial charge in [0.2, 0.25) is 11.1 Å². The number of thioether (sulfide) groups is 1. The maximum absolute atomic E-state index is 12.9. The second-order valence-corrected chi connectivity index (χ2v) is 7.99. The van der Waals surface area contributed by atoms with Crippen LogP contribution in [0.4, 0.5) is 0 Å². The maximum Gasteiger partial charge on any atom is 0.253 e. The number of nitrogens with zero attached hydrogens (tertiary/aromatic N) is 5. The Morgan fingerprint density at radius 3 is 2.77 bits per heavy atom. The number of hydrogen-bond acceptors (Lipinski definition) is 5. The minimum atomic E-state index is -0.237. The van der Waals surface area contributed by atoms with Crippen molar-refractivity contribution in [1.29, 1.82) is 0 Å². The highest BCUT2D eigenvalue weighted by atomic mass is 32.2. The van der Waals surface area contributed by atoms with Gasteiger partial charge in [-0.25, -0.2) is 9.50 Å². The summed E-state index contributed by atoms with van der Waals surface area (Å²) in [5.74, 6) is 0.709. The number of aryl methyl sites for hydroxylation is 2. The number of aromatic nitrogens is 4. The molecule has 0 spiro atoms. The van der Waals surface area contributed by atoms with Gasteiger partial charge in [-0.3, -0.25) is 4.79 Å². The molecule has 0 saturated heterocycles. The molecule has 2 aromatic heterocycles. The van der Waals surface area contributed by atoms with E-state index in [1.807, 2.05) is 37.8 Å². The minimum absolute atomic E-state index is 0.129. The molecule has 1 amide bonds. The van der Waals surface area contributed by atoms with E-state index in [2.05, 4.69) is 33.3 Å². The first-order valence-electron chi connectivity index (χ1n) is 8.74. The van der Waals surface area contributed by atoms with Gasteiger partial charge in [0.05, 0.1) is 5.25 Å². The summed E-state index contributed by atoms with van der Waals surface area (Å²) < 4.78 is 1.73. The molecule has 0 aliphatic carbocycles. The zero-order chi connectivity index (χ0) is 18.3. The van der Waals surface area contributed by atoms with Crippen molar-refractivity contribution >= 4 is 23.4 Å². The van der Waals surface area contributed by atoms with Crippen LogP contribution < -0.4 is 0 Å². The summed E-state index contributed by atoms with van der Waals surface area (Å²) in [7, 11) is 0. The lowest BCUT2D eigenvalue weighted by Gasteiger charge is -2.30. The van der Waals surface area contributed by atoms with Crippen molar-refractivity contribution in [3.8, 4) is 0 Å². The van der Waals surface area contributed by atoms with Crippen molar-refractivity contribution in [3.05, 3.63) is 52.8 Å². The van der Waals surface area contributed by atoms with Crippen LogP contribution in [0.25, 0.3) is 5.78 Å². The average molecular weight is 367 g/mol. The molecule has 3 heterocycles. The molecule has 0 N–H and O–H groups in total. The molecule has 4 rings (SSSR count). The van der Waals surface area contributed by atoms with Gasteiger partial charge < -0.3 is 4.90 Å². The van der Waals surface area contributed by atoms with E-state index < -0.39 is 0 Å². The number of carbonyl (C=O) groups excluding carboxylic acids is 1. The highest BCUT2D eigenvalue weighted by Crippen LogP contribution is 2.25. The van der Waals surface area contributed by atoms with Crippen LogP contribution in [0.2, 0.25) is 0 Å². The van der Waals surface area contributed by atoms with Crippen LogP contribution in [0.15, 0.2) is 35.5 Å². The Kier molecular flexibility index (Phi) is 4.40. The summed E-state index contributed by atoms with van der Waals surface area (Å²) in [5.41, 5.74) is 4.48. The highest BCUT2D eigenvalue weighted by Gasteiger charge is 2.26. The normalized spacial score (nSPS) is 15.1. The summed E-state index contributed by atoms with van der Waals surface area (Å²) in [6.45, 7) is 7.28. The Labute approximate surface area is 156 Å². The minimum Gasteiger partial charge on any atom is -0.337 e. The molecule has 3 aromatic rings. The van der Waals surface area contributed by atoms with Gasteiger partial charge >= 0.3 is 0 Å². The largest absolute Gasteiger partial charge is 0.337 e. The van der Waals surface area contributed by atoms with E-state index in [-0.39, 0.29) is 11.2 Å². The number of carbonyl (C=O) groups is 1. The fourth-order valence-corrected chi connectivity index (χ4v) is 4.18. The lowest BCUT2D eigenvalue weighted by atomic mass is 10.00. The van der Waals surface area contributed by atoms with Gasteiger partial charge in [0.25, 0.3) is 5.78 Å². The standard InChI is InChI=1S/C19H21N5OS/c1-12-10-13(2)24-18(20-12)21-19(22-24)26-14(3)17(25)23-9-8-15-6-4-5-7-16(15)11-23/h4-7,10,14H,8-9,11H2,1-3H3. The lowest BCUT2D eigenvalue weighted by Crippen LogP contribution is -2.40. The predicted molar refractivity (Wildman–Crippen MR) is 101 cm³/mol. The Morgan fingerprint density at radius 1 is 1.19 bits per heavy atom. The van der Waals surface area contributed by atoms with Crippen molar-refractivity contribution in [2.45, 2.75) is 44.1 Å². The van der Waals surface area contributed by atoms with Gasteiger partial charge in [0.15, 0.2) is 0 Å². The summed E-state index contributed by atoms with van der Waals surface area (Å²) in [4.78, 5) is 23.7. The molecule has 7 heteroatoms. The Morgan fingerprint density at radius 2 is 1.96 bits per heavy atom. The molecule has 1 aliphatic heterocycles. The number of rotatable bonds is 3. The van der Waals surface area contributed by atoms with E-state index in [9.17, 15) is 4.79 Å². The molecule has 1 atom stereocenters. The van der Waals surface area contributed by atoms with Crippen molar-refractivity contribution in [2.75, 3.05) is 6.54 Å². The van der Waals surface area contributed by atoms with E-state index in [0.29, 0.717) is 17.5 Å². The van der Waals surface area contributed by atoms with E-state index in [0.717, 1.165) is 24.4 Å². The van der Waals surface area contributed by atoms with Crippen LogP contribution in [0.5, 0.6) is 0 Å². The van der Waals surface area contributed by atoms with Gasteiger partial charge in [-0.2, -0.15) is 4.98 Å². The molecule has 0 bridgehead atoms. The van der Waals surface area contributed by atoms with Crippen LogP contribution in [-0.4, -0.2) is 42.2 Å². The Balaban J connectivity index is 1.49. The van der Waals surface area contributed by atoms with Gasteiger partial charge in [-0.1, -0.05) is 36.0 Å². The molecule has 1 unspecified atom stereocenters. The number of amides is 1. The monoisotopic (exact) mass is 367 g/mol. The number of benzene rings is 1. The van der Waals surface area contributed by atoms with Crippen molar-refractivity contribution in [2.24, 2.45) is 0 Å². The smallest absolute Gasteiger partial charge is 0.253 e. The first-order valence-corrected chi connectivity index (χ1v) is 9.62. The molecule has 134 valence electrons. The Bertz CT molecular complexity index is 983. The quantitative estimate of drug-likeness (QED) is 0.666. The Hall–Kier alpha value is -2.41. The summed E-state index contributed by atoms with van der Waals surface area (Å²) in [5, 5.41) is 4.84.